The molecule has 0 aliphatic carbocycles. The zero-order valence-corrected chi connectivity index (χ0v) is 38.3. The fourth-order valence-electron chi connectivity index (χ4n) is 6.18. The maximum absolute atomic E-state index is 10.0. The van der Waals surface area contributed by atoms with E-state index in [0.29, 0.717) is 19.3 Å². The van der Waals surface area contributed by atoms with Gasteiger partial charge in [0.25, 0.3) is 0 Å². The van der Waals surface area contributed by atoms with Crippen LogP contribution in [0.15, 0.2) is 12.3 Å². The SMILES string of the molecule is CCC(O)C(O)C(O)C(O)CC(C)(C)C.CCCCCC=CNCCC.COC1OC(C(C)(C)C)C(O)C(C)C1O.COC1OC(CC(C)(C)C)C(O)C(O)C1O. The lowest BCUT2D eigenvalue weighted by molar-refractivity contribution is -0.293. The number of allylic oxidation sites excluding steroid dienone is 1. The summed E-state index contributed by atoms with van der Waals surface area (Å²) in [6, 6.07) is 0. The highest BCUT2D eigenvalue weighted by Crippen LogP contribution is 2.36. The standard InChI is InChI=1S/C11H22O5.C11H22O4.C11H24O4.C10H21N/c1-11(2,3)5-6-7(12)8(13)9(14)10(15-4)16-6;1-6-7(12)9(11(2,3)4)15-10(14-5)8(6)13;1-5-7(12)9(14)10(15)8(13)6-11(2,3)4;1-3-5-6-7-8-10-11-9-4-2/h6-10,12-14H,5H2,1-4H3;6-10,12-13H,1-5H3;7-10,12-15H,5-6H2,1-4H3;8,10-11H,3-7,9H2,1-2H3. The summed E-state index contributed by atoms with van der Waals surface area (Å²) in [7, 11) is 2.89. The van der Waals surface area contributed by atoms with E-state index in [1.807, 2.05) is 69.2 Å². The van der Waals surface area contributed by atoms with Crippen molar-refractivity contribution in [1.29, 1.82) is 0 Å². The van der Waals surface area contributed by atoms with Crippen molar-refractivity contribution in [2.45, 2.75) is 221 Å². The number of rotatable bonds is 15. The van der Waals surface area contributed by atoms with Gasteiger partial charge in [-0.1, -0.05) is 109 Å². The van der Waals surface area contributed by atoms with Crippen molar-refractivity contribution in [3.8, 4) is 0 Å². The van der Waals surface area contributed by atoms with Crippen LogP contribution in [-0.4, -0.2) is 146 Å². The number of aliphatic hydroxyl groups excluding tert-OH is 9. The van der Waals surface area contributed by atoms with Crippen molar-refractivity contribution >= 4 is 0 Å². The Morgan fingerprint density at radius 3 is 1.61 bits per heavy atom. The molecular weight excluding hydrogens is 738 g/mol. The number of aliphatic hydroxyl groups is 9. The molecule has 0 aromatic rings. The van der Waals surface area contributed by atoms with E-state index in [9.17, 15) is 46.0 Å². The normalized spacial score (nSPS) is 30.4. The highest BCUT2D eigenvalue weighted by Gasteiger charge is 2.47. The molecule has 0 saturated carbocycles. The minimum absolute atomic E-state index is 0.0358. The molecule has 2 aliphatic heterocycles. The van der Waals surface area contributed by atoms with Crippen molar-refractivity contribution < 1.29 is 64.9 Å². The first-order valence-corrected chi connectivity index (χ1v) is 21.0. The molecule has 0 aromatic heterocycles. The van der Waals surface area contributed by atoms with Crippen LogP contribution < -0.4 is 5.32 Å². The molecule has 0 aromatic carbocycles. The molecule has 2 aliphatic rings. The van der Waals surface area contributed by atoms with Gasteiger partial charge < -0.3 is 70.2 Å². The lowest BCUT2D eigenvalue weighted by atomic mass is 9.78. The van der Waals surface area contributed by atoms with E-state index >= 15 is 0 Å². The van der Waals surface area contributed by atoms with Gasteiger partial charge in [-0.05, 0) is 61.0 Å². The van der Waals surface area contributed by atoms with Crippen LogP contribution in [0.25, 0.3) is 0 Å². The van der Waals surface area contributed by atoms with Crippen molar-refractivity contribution in [3.05, 3.63) is 12.3 Å². The smallest absolute Gasteiger partial charge is 0.186 e. The van der Waals surface area contributed by atoms with E-state index in [1.165, 1.54) is 46.3 Å². The van der Waals surface area contributed by atoms with E-state index < -0.39 is 73.6 Å². The Morgan fingerprint density at radius 2 is 1.18 bits per heavy atom. The van der Waals surface area contributed by atoms with Crippen LogP contribution in [0, 0.1) is 22.2 Å². The van der Waals surface area contributed by atoms with Gasteiger partial charge in [-0.3, -0.25) is 0 Å². The van der Waals surface area contributed by atoms with Crippen LogP contribution in [-0.2, 0) is 18.9 Å². The monoisotopic (exact) mass is 828 g/mol. The Balaban J connectivity index is 0. The number of unbranched alkanes of at least 4 members (excludes halogenated alkanes) is 3. The molecule has 10 N–H and O–H groups in total. The van der Waals surface area contributed by atoms with Gasteiger partial charge in [0.05, 0.1) is 30.5 Å². The van der Waals surface area contributed by atoms with Crippen molar-refractivity contribution in [2.75, 3.05) is 20.8 Å². The number of hydrogen-bond acceptors (Lipinski definition) is 14. The van der Waals surface area contributed by atoms with Crippen molar-refractivity contribution in [2.24, 2.45) is 22.2 Å². The minimum atomic E-state index is -1.29. The van der Waals surface area contributed by atoms with Crippen LogP contribution in [0.5, 0.6) is 0 Å². The molecule has 2 fully saturated rings. The van der Waals surface area contributed by atoms with E-state index in [2.05, 4.69) is 31.4 Å². The molecule has 0 amide bonds. The fourth-order valence-corrected chi connectivity index (χ4v) is 6.18. The molecule has 344 valence electrons. The second-order valence-electron chi connectivity index (χ2n) is 19.0. The Bertz CT molecular complexity index is 1010. The predicted molar refractivity (Wildman–Crippen MR) is 224 cm³/mol. The Labute approximate surface area is 346 Å². The summed E-state index contributed by atoms with van der Waals surface area (Å²) >= 11 is 0. The third kappa shape index (κ3) is 23.6. The predicted octanol–water partition coefficient (Wildman–Crippen LogP) is 3.99. The first kappa shape index (κ1) is 58.1. The molecule has 14 atom stereocenters. The summed E-state index contributed by atoms with van der Waals surface area (Å²) in [4.78, 5) is 0. The van der Waals surface area contributed by atoms with Crippen LogP contribution in [0.1, 0.15) is 141 Å². The lowest BCUT2D eigenvalue weighted by Gasteiger charge is -2.45. The quantitative estimate of drug-likeness (QED) is 0.105. The lowest BCUT2D eigenvalue weighted by Crippen LogP contribution is -2.58. The van der Waals surface area contributed by atoms with E-state index in [0.717, 1.165) is 6.54 Å². The molecule has 0 bridgehead atoms. The van der Waals surface area contributed by atoms with Gasteiger partial charge >= 0.3 is 0 Å². The number of ether oxygens (including phenoxy) is 4. The summed E-state index contributed by atoms with van der Waals surface area (Å²) in [5.41, 5.74) is -0.339. The van der Waals surface area contributed by atoms with Gasteiger partial charge in [0.2, 0.25) is 0 Å². The topological polar surface area (TPSA) is 231 Å². The maximum atomic E-state index is 10.0. The molecule has 14 heteroatoms. The van der Waals surface area contributed by atoms with Crippen LogP contribution >= 0.6 is 0 Å². The summed E-state index contributed by atoms with van der Waals surface area (Å²) < 4.78 is 21.0. The van der Waals surface area contributed by atoms with Gasteiger partial charge in [0.15, 0.2) is 12.6 Å². The second-order valence-corrected chi connectivity index (χ2v) is 19.0. The average molecular weight is 828 g/mol. The first-order valence-electron chi connectivity index (χ1n) is 21.0. The molecule has 57 heavy (non-hydrogen) atoms. The highest BCUT2D eigenvalue weighted by molar-refractivity contribution is 4.93. The van der Waals surface area contributed by atoms with Crippen molar-refractivity contribution in [3.63, 3.8) is 0 Å². The third-order valence-electron chi connectivity index (χ3n) is 9.73. The Morgan fingerprint density at radius 1 is 0.649 bits per heavy atom. The van der Waals surface area contributed by atoms with Gasteiger partial charge in [-0.25, -0.2) is 0 Å². The van der Waals surface area contributed by atoms with Crippen LogP contribution in [0.2, 0.25) is 0 Å². The van der Waals surface area contributed by atoms with E-state index in [1.54, 1.807) is 6.92 Å². The van der Waals surface area contributed by atoms with Crippen molar-refractivity contribution in [1.82, 2.24) is 5.32 Å². The second kappa shape index (κ2) is 28.5. The summed E-state index contributed by atoms with van der Waals surface area (Å²) in [5.74, 6) is -0.243. The molecular formula is C43H89NO13. The molecule has 2 saturated heterocycles. The number of hydrogen-bond donors (Lipinski definition) is 10. The van der Waals surface area contributed by atoms with Gasteiger partial charge in [-0.15, -0.1) is 0 Å². The zero-order chi connectivity index (χ0) is 44.9. The highest BCUT2D eigenvalue weighted by atomic mass is 16.7. The molecule has 0 radical (unpaired) electrons. The molecule has 14 nitrogen and oxygen atoms in total. The Hall–Kier alpha value is -0.980. The van der Waals surface area contributed by atoms with Crippen LogP contribution in [0.3, 0.4) is 0 Å². The molecule has 0 spiro atoms. The first-order chi connectivity index (χ1) is 26.1. The Kier molecular flexibility index (Phi) is 29.1. The average Bonchev–Trinajstić information content (AvgIpc) is 3.12. The molecule has 2 heterocycles. The zero-order valence-electron chi connectivity index (χ0n) is 38.3. The third-order valence-corrected chi connectivity index (χ3v) is 9.73. The minimum Gasteiger partial charge on any atom is -0.391 e. The number of methoxy groups -OCH3 is 2. The molecule has 2 rings (SSSR count). The van der Waals surface area contributed by atoms with Gasteiger partial charge in [0, 0.05) is 26.7 Å². The van der Waals surface area contributed by atoms with Gasteiger partial charge in [-0.2, -0.15) is 0 Å². The fraction of sp³-hybridized carbons (Fsp3) is 0.953. The molecule has 14 unspecified atom stereocenters. The van der Waals surface area contributed by atoms with Gasteiger partial charge in [0.1, 0.15) is 36.6 Å². The summed E-state index contributed by atoms with van der Waals surface area (Å²) in [6.07, 6.45) is 0.145. The maximum Gasteiger partial charge on any atom is 0.186 e. The number of nitrogens with one attached hydrogen (secondary N) is 1. The summed E-state index contributed by atoms with van der Waals surface area (Å²) in [5, 5.41) is 90.1. The summed E-state index contributed by atoms with van der Waals surface area (Å²) in [6.45, 7) is 26.9. The van der Waals surface area contributed by atoms with E-state index in [4.69, 9.17) is 18.9 Å². The van der Waals surface area contributed by atoms with Crippen LogP contribution in [0.4, 0.5) is 0 Å². The largest absolute Gasteiger partial charge is 0.391 e. The van der Waals surface area contributed by atoms with E-state index in [-0.39, 0.29) is 28.3 Å².